The number of carbonyl (C=O) groups is 1. The first-order chi connectivity index (χ1) is 13.9. The van der Waals surface area contributed by atoms with Crippen LogP contribution >= 0.6 is 0 Å². The van der Waals surface area contributed by atoms with Gasteiger partial charge in [-0.25, -0.2) is 13.1 Å². The standard InChI is InChI=1S/C18H22N6O4S/c1-28-15-7-4-11(9-16(15)29(26,27)24-12-5-6-12)18(25)21-8-2-3-14-13(10-19)17(20)23-22-14/h4,7,9,12,24H,2-3,5-6,8H2,1H3,(H,21,25)(H3,20,22,23). The molecule has 0 atom stereocenters. The van der Waals surface area contributed by atoms with E-state index < -0.39 is 15.9 Å². The van der Waals surface area contributed by atoms with Crippen LogP contribution in [0.1, 0.15) is 40.9 Å². The quantitative estimate of drug-likeness (QED) is 0.435. The zero-order valence-electron chi connectivity index (χ0n) is 15.9. The number of aryl methyl sites for hydroxylation is 1. The molecule has 1 aromatic carbocycles. The average molecular weight is 418 g/mol. The molecule has 154 valence electrons. The van der Waals surface area contributed by atoms with Crippen molar-refractivity contribution < 1.29 is 17.9 Å². The number of ether oxygens (including phenoxy) is 1. The number of anilines is 1. The van der Waals surface area contributed by atoms with E-state index in [2.05, 4.69) is 20.2 Å². The molecular formula is C18H22N6O4S. The lowest BCUT2D eigenvalue weighted by molar-refractivity contribution is 0.0953. The highest BCUT2D eigenvalue weighted by Gasteiger charge is 2.30. The maximum atomic E-state index is 12.5. The maximum absolute atomic E-state index is 12.5. The van der Waals surface area contributed by atoms with Crippen molar-refractivity contribution in [2.45, 2.75) is 36.6 Å². The van der Waals surface area contributed by atoms with Crippen molar-refractivity contribution in [2.24, 2.45) is 0 Å². The van der Waals surface area contributed by atoms with E-state index in [0.717, 1.165) is 12.8 Å². The van der Waals surface area contributed by atoms with E-state index in [9.17, 15) is 13.2 Å². The summed E-state index contributed by atoms with van der Waals surface area (Å²) in [6, 6.07) is 6.21. The highest BCUT2D eigenvalue weighted by molar-refractivity contribution is 7.89. The van der Waals surface area contributed by atoms with Crippen LogP contribution < -0.4 is 20.5 Å². The first kappa shape index (κ1) is 20.6. The average Bonchev–Trinajstić information content (AvgIpc) is 3.44. The first-order valence-corrected chi connectivity index (χ1v) is 10.6. The van der Waals surface area contributed by atoms with E-state index in [1.165, 1.54) is 25.3 Å². The summed E-state index contributed by atoms with van der Waals surface area (Å²) in [5.74, 6) is -0.0750. The predicted octanol–water partition coefficient (Wildman–Crippen LogP) is 0.675. The van der Waals surface area contributed by atoms with E-state index in [0.29, 0.717) is 30.6 Å². The summed E-state index contributed by atoms with van der Waals surface area (Å²) in [6.45, 7) is 0.330. The van der Waals surface area contributed by atoms with Gasteiger partial charge in [0.15, 0.2) is 5.82 Å². The van der Waals surface area contributed by atoms with Crippen LogP contribution in [-0.4, -0.2) is 44.2 Å². The smallest absolute Gasteiger partial charge is 0.251 e. The Bertz CT molecular complexity index is 1050. The molecule has 29 heavy (non-hydrogen) atoms. The SMILES string of the molecule is COc1ccc(C(=O)NCCCc2[nH]nc(N)c2C#N)cc1S(=O)(=O)NC1CC1. The number of carbonyl (C=O) groups excluding carboxylic acids is 1. The number of H-pyrrole nitrogens is 1. The van der Waals surface area contributed by atoms with Crippen molar-refractivity contribution in [1.29, 1.82) is 5.26 Å². The lowest BCUT2D eigenvalue weighted by Crippen LogP contribution is -2.28. The highest BCUT2D eigenvalue weighted by atomic mass is 32.2. The lowest BCUT2D eigenvalue weighted by Gasteiger charge is -2.12. The van der Waals surface area contributed by atoms with Gasteiger partial charge in [-0.15, -0.1) is 0 Å². The van der Waals surface area contributed by atoms with Gasteiger partial charge in [0.05, 0.1) is 12.8 Å². The van der Waals surface area contributed by atoms with Crippen LogP contribution in [-0.2, 0) is 16.4 Å². The minimum Gasteiger partial charge on any atom is -0.495 e. The number of nitrogen functional groups attached to an aromatic ring is 1. The summed E-state index contributed by atoms with van der Waals surface area (Å²) in [5.41, 5.74) is 6.73. The molecule has 0 radical (unpaired) electrons. The number of nitrogens with one attached hydrogen (secondary N) is 3. The van der Waals surface area contributed by atoms with E-state index >= 15 is 0 Å². The Kier molecular flexibility index (Phi) is 6.05. The van der Waals surface area contributed by atoms with Gasteiger partial charge in [-0.05, 0) is 43.9 Å². The Hall–Kier alpha value is -3.10. The van der Waals surface area contributed by atoms with Gasteiger partial charge in [0, 0.05) is 18.2 Å². The molecule has 1 aliphatic carbocycles. The Morgan fingerprint density at radius 2 is 2.21 bits per heavy atom. The number of nitriles is 1. The van der Waals surface area contributed by atoms with Gasteiger partial charge in [0.25, 0.3) is 5.91 Å². The number of nitrogens with zero attached hydrogens (tertiary/aromatic N) is 2. The minimum atomic E-state index is -3.77. The molecule has 1 saturated carbocycles. The van der Waals surface area contributed by atoms with Gasteiger partial charge in [0.2, 0.25) is 10.0 Å². The van der Waals surface area contributed by atoms with Gasteiger partial charge in [-0.3, -0.25) is 9.89 Å². The van der Waals surface area contributed by atoms with Crippen molar-refractivity contribution in [3.8, 4) is 11.8 Å². The van der Waals surface area contributed by atoms with Crippen LogP contribution in [0.3, 0.4) is 0 Å². The highest BCUT2D eigenvalue weighted by Crippen LogP contribution is 2.28. The molecule has 5 N–H and O–H groups in total. The normalized spacial score (nSPS) is 13.7. The summed E-state index contributed by atoms with van der Waals surface area (Å²) >= 11 is 0. The summed E-state index contributed by atoms with van der Waals surface area (Å²) in [7, 11) is -2.39. The van der Waals surface area contributed by atoms with Crippen LogP contribution in [0.2, 0.25) is 0 Å². The number of sulfonamides is 1. The van der Waals surface area contributed by atoms with Gasteiger partial charge in [-0.2, -0.15) is 10.4 Å². The van der Waals surface area contributed by atoms with Crippen molar-refractivity contribution in [3.05, 3.63) is 35.0 Å². The van der Waals surface area contributed by atoms with Crippen LogP contribution in [0, 0.1) is 11.3 Å². The number of nitrogens with two attached hydrogens (primary N) is 1. The molecular weight excluding hydrogens is 396 g/mol. The Morgan fingerprint density at radius 3 is 2.86 bits per heavy atom. The molecule has 3 rings (SSSR count). The summed E-state index contributed by atoms with van der Waals surface area (Å²) in [6.07, 6.45) is 2.64. The molecule has 1 heterocycles. The maximum Gasteiger partial charge on any atom is 0.251 e. The monoisotopic (exact) mass is 418 g/mol. The summed E-state index contributed by atoms with van der Waals surface area (Å²) in [5, 5.41) is 18.3. The molecule has 1 fully saturated rings. The number of benzene rings is 1. The number of amides is 1. The van der Waals surface area contributed by atoms with Crippen molar-refractivity contribution in [3.63, 3.8) is 0 Å². The minimum absolute atomic E-state index is 0.0583. The van der Waals surface area contributed by atoms with E-state index in [4.69, 9.17) is 15.7 Å². The van der Waals surface area contributed by atoms with Crippen molar-refractivity contribution in [1.82, 2.24) is 20.2 Å². The second kappa shape index (κ2) is 8.50. The van der Waals surface area contributed by atoms with E-state index in [1.807, 2.05) is 6.07 Å². The molecule has 0 spiro atoms. The third kappa shape index (κ3) is 4.85. The number of aromatic amines is 1. The molecule has 1 aromatic heterocycles. The van der Waals surface area contributed by atoms with Gasteiger partial charge >= 0.3 is 0 Å². The van der Waals surface area contributed by atoms with Crippen LogP contribution in [0.25, 0.3) is 0 Å². The molecule has 0 bridgehead atoms. The van der Waals surface area contributed by atoms with Gasteiger partial charge < -0.3 is 15.8 Å². The second-order valence-electron chi connectivity index (χ2n) is 6.69. The van der Waals surface area contributed by atoms with Crippen molar-refractivity contribution >= 4 is 21.7 Å². The molecule has 1 aliphatic rings. The third-order valence-corrected chi connectivity index (χ3v) is 6.03. The molecule has 1 amide bonds. The predicted molar refractivity (Wildman–Crippen MR) is 105 cm³/mol. The molecule has 0 unspecified atom stereocenters. The Labute approximate surface area is 168 Å². The number of methoxy groups -OCH3 is 1. The number of rotatable bonds is 9. The van der Waals surface area contributed by atoms with Crippen LogP contribution in [0.15, 0.2) is 23.1 Å². The number of aromatic nitrogens is 2. The largest absolute Gasteiger partial charge is 0.495 e. The Morgan fingerprint density at radius 1 is 1.45 bits per heavy atom. The van der Waals surface area contributed by atoms with Crippen LogP contribution in [0.4, 0.5) is 5.82 Å². The molecule has 2 aromatic rings. The summed E-state index contributed by atoms with van der Waals surface area (Å²) < 4.78 is 32.8. The topological polar surface area (TPSA) is 163 Å². The van der Waals surface area contributed by atoms with E-state index in [1.54, 1.807) is 0 Å². The van der Waals surface area contributed by atoms with Gasteiger partial charge in [-0.1, -0.05) is 0 Å². The first-order valence-electron chi connectivity index (χ1n) is 9.07. The fraction of sp³-hybridized carbons (Fsp3) is 0.389. The lowest BCUT2D eigenvalue weighted by atomic mass is 10.1. The fourth-order valence-electron chi connectivity index (χ4n) is 2.78. The van der Waals surface area contributed by atoms with Crippen LogP contribution in [0.5, 0.6) is 5.75 Å². The molecule has 0 saturated heterocycles. The second-order valence-corrected chi connectivity index (χ2v) is 8.38. The van der Waals surface area contributed by atoms with Gasteiger partial charge in [0.1, 0.15) is 22.3 Å². The summed E-state index contributed by atoms with van der Waals surface area (Å²) in [4.78, 5) is 12.4. The third-order valence-electron chi connectivity index (χ3n) is 4.48. The zero-order valence-corrected chi connectivity index (χ0v) is 16.7. The Balaban J connectivity index is 1.63. The van der Waals surface area contributed by atoms with Crippen molar-refractivity contribution in [2.75, 3.05) is 19.4 Å². The zero-order chi connectivity index (χ0) is 21.0. The molecule has 0 aliphatic heterocycles. The molecule has 10 nitrogen and oxygen atoms in total. The molecule has 11 heteroatoms. The number of hydrogen-bond acceptors (Lipinski definition) is 7. The van der Waals surface area contributed by atoms with E-state index in [-0.39, 0.29) is 28.1 Å². The number of hydrogen-bond donors (Lipinski definition) is 4. The fourth-order valence-corrected chi connectivity index (χ4v) is 4.28.